The van der Waals surface area contributed by atoms with Gasteiger partial charge >= 0.3 is 6.18 Å². The van der Waals surface area contributed by atoms with Gasteiger partial charge in [0, 0.05) is 18.5 Å². The number of carbonyl (C=O) groups excluding carboxylic acids is 1. The second-order valence-electron chi connectivity index (χ2n) is 3.61. The maximum Gasteiger partial charge on any atom is 0.411 e. The van der Waals surface area contributed by atoms with Crippen LogP contribution < -0.4 is 11.1 Å². The van der Waals surface area contributed by atoms with E-state index in [1.807, 2.05) is 0 Å². The molecule has 0 aliphatic rings. The molecule has 1 amide bonds. The van der Waals surface area contributed by atoms with Gasteiger partial charge in [0.25, 0.3) is 0 Å². The highest BCUT2D eigenvalue weighted by Gasteiger charge is 2.27. The van der Waals surface area contributed by atoms with Gasteiger partial charge in [0.1, 0.15) is 6.61 Å². The van der Waals surface area contributed by atoms with Crippen molar-refractivity contribution in [3.8, 4) is 0 Å². The van der Waals surface area contributed by atoms with Crippen molar-refractivity contribution in [3.05, 3.63) is 0 Å². The van der Waals surface area contributed by atoms with Gasteiger partial charge in [-0.2, -0.15) is 13.2 Å². The van der Waals surface area contributed by atoms with Crippen LogP contribution in [0.2, 0.25) is 0 Å². The number of alkyl halides is 3. The first kappa shape index (κ1) is 15.2. The van der Waals surface area contributed by atoms with Gasteiger partial charge < -0.3 is 15.8 Å². The van der Waals surface area contributed by atoms with Crippen LogP contribution in [0.15, 0.2) is 0 Å². The first-order chi connectivity index (χ1) is 7.24. The lowest BCUT2D eigenvalue weighted by Gasteiger charge is -2.15. The number of nitrogens with one attached hydrogen (secondary N) is 1. The predicted molar refractivity (Wildman–Crippen MR) is 52.7 cm³/mol. The molecule has 4 nitrogen and oxygen atoms in total. The van der Waals surface area contributed by atoms with Crippen LogP contribution in [0.3, 0.4) is 0 Å². The first-order valence-corrected chi connectivity index (χ1v) is 4.92. The molecule has 0 bridgehead atoms. The highest BCUT2D eigenvalue weighted by molar-refractivity contribution is 5.78. The Bertz CT molecular complexity index is 219. The molecular formula is C9H17F3N2O2. The topological polar surface area (TPSA) is 64.4 Å². The van der Waals surface area contributed by atoms with Crippen molar-refractivity contribution in [1.29, 1.82) is 0 Å². The van der Waals surface area contributed by atoms with Crippen molar-refractivity contribution in [2.45, 2.75) is 26.1 Å². The minimum atomic E-state index is -4.33. The summed E-state index contributed by atoms with van der Waals surface area (Å²) in [5.74, 6) is -0.659. The van der Waals surface area contributed by atoms with E-state index < -0.39 is 12.8 Å². The van der Waals surface area contributed by atoms with E-state index in [0.717, 1.165) is 0 Å². The molecule has 0 spiro atoms. The van der Waals surface area contributed by atoms with Crippen molar-refractivity contribution in [3.63, 3.8) is 0 Å². The van der Waals surface area contributed by atoms with Crippen LogP contribution in [-0.2, 0) is 9.53 Å². The van der Waals surface area contributed by atoms with Crippen LogP contribution >= 0.6 is 0 Å². The van der Waals surface area contributed by atoms with E-state index in [2.05, 4.69) is 10.1 Å². The van der Waals surface area contributed by atoms with Crippen molar-refractivity contribution in [1.82, 2.24) is 5.32 Å². The summed E-state index contributed by atoms with van der Waals surface area (Å²) in [5.41, 5.74) is 5.48. The molecule has 0 heterocycles. The van der Waals surface area contributed by atoms with Crippen LogP contribution in [0.25, 0.3) is 0 Å². The van der Waals surface area contributed by atoms with Gasteiger partial charge in [-0.25, -0.2) is 0 Å². The molecule has 0 aromatic rings. The predicted octanol–water partition coefficient (Wildman–Crippen LogP) is 0.665. The highest BCUT2D eigenvalue weighted by atomic mass is 19.4. The second-order valence-corrected chi connectivity index (χ2v) is 3.61. The number of amides is 1. The third kappa shape index (κ3) is 7.47. The number of hydrogen-bond acceptors (Lipinski definition) is 3. The van der Waals surface area contributed by atoms with Crippen LogP contribution in [0.5, 0.6) is 0 Å². The molecule has 0 aromatic carbocycles. The molecule has 0 radical (unpaired) electrons. The normalized spacial score (nSPS) is 15.6. The smallest absolute Gasteiger partial charge is 0.370 e. The minimum Gasteiger partial charge on any atom is -0.370 e. The Kier molecular flexibility index (Phi) is 6.35. The first-order valence-electron chi connectivity index (χ1n) is 4.92. The molecular weight excluding hydrogens is 225 g/mol. The fourth-order valence-corrected chi connectivity index (χ4v) is 0.834. The van der Waals surface area contributed by atoms with Gasteiger partial charge in [0.05, 0.1) is 6.61 Å². The molecule has 0 aliphatic heterocycles. The Morgan fingerprint density at radius 1 is 1.44 bits per heavy atom. The quantitative estimate of drug-likeness (QED) is 0.673. The number of carbonyl (C=O) groups is 1. The van der Waals surface area contributed by atoms with Crippen molar-refractivity contribution >= 4 is 5.91 Å². The van der Waals surface area contributed by atoms with Crippen LogP contribution in [0, 0.1) is 5.92 Å². The zero-order chi connectivity index (χ0) is 12.8. The lowest BCUT2D eigenvalue weighted by molar-refractivity contribution is -0.173. The Morgan fingerprint density at radius 2 is 2.00 bits per heavy atom. The maximum atomic E-state index is 11.6. The molecule has 96 valence electrons. The van der Waals surface area contributed by atoms with E-state index in [1.165, 1.54) is 0 Å². The molecule has 0 aromatic heterocycles. The zero-order valence-electron chi connectivity index (χ0n) is 9.30. The summed E-state index contributed by atoms with van der Waals surface area (Å²) in [5, 5.41) is 2.44. The lowest BCUT2D eigenvalue weighted by Crippen LogP contribution is -2.40. The summed E-state index contributed by atoms with van der Waals surface area (Å²) >= 11 is 0. The monoisotopic (exact) mass is 242 g/mol. The summed E-state index contributed by atoms with van der Waals surface area (Å²) in [6.07, 6.45) is -4.33. The third-order valence-electron chi connectivity index (χ3n) is 2.01. The lowest BCUT2D eigenvalue weighted by atomic mass is 10.0. The number of rotatable bonds is 6. The van der Waals surface area contributed by atoms with Crippen LogP contribution in [0.4, 0.5) is 13.2 Å². The van der Waals surface area contributed by atoms with Gasteiger partial charge in [-0.15, -0.1) is 0 Å². The SMILES string of the molecule is CC(N)C(C)C(=O)NCCOCC(F)(F)F. The van der Waals surface area contributed by atoms with Gasteiger partial charge in [-0.1, -0.05) is 6.92 Å². The average Bonchev–Trinajstić information content (AvgIpc) is 2.13. The molecule has 2 atom stereocenters. The van der Waals surface area contributed by atoms with Crippen molar-refractivity contribution < 1.29 is 22.7 Å². The Morgan fingerprint density at radius 3 is 2.44 bits per heavy atom. The molecule has 0 saturated heterocycles. The highest BCUT2D eigenvalue weighted by Crippen LogP contribution is 2.13. The van der Waals surface area contributed by atoms with E-state index in [0.29, 0.717) is 0 Å². The van der Waals surface area contributed by atoms with Crippen molar-refractivity contribution in [2.75, 3.05) is 19.8 Å². The number of halogens is 3. The van der Waals surface area contributed by atoms with E-state index in [4.69, 9.17) is 5.73 Å². The van der Waals surface area contributed by atoms with Crippen LogP contribution in [0.1, 0.15) is 13.8 Å². The van der Waals surface area contributed by atoms with E-state index in [-0.39, 0.29) is 31.0 Å². The van der Waals surface area contributed by atoms with Crippen LogP contribution in [-0.4, -0.2) is 37.9 Å². The van der Waals surface area contributed by atoms with Gasteiger partial charge in [0.2, 0.25) is 5.91 Å². The van der Waals surface area contributed by atoms with Crippen molar-refractivity contribution in [2.24, 2.45) is 11.7 Å². The molecule has 2 unspecified atom stereocenters. The van der Waals surface area contributed by atoms with E-state index in [9.17, 15) is 18.0 Å². The van der Waals surface area contributed by atoms with Gasteiger partial charge in [-0.3, -0.25) is 4.79 Å². The molecule has 0 saturated carbocycles. The molecule has 0 fully saturated rings. The summed E-state index contributed by atoms with van der Waals surface area (Å²) in [4.78, 5) is 11.3. The fourth-order valence-electron chi connectivity index (χ4n) is 0.834. The van der Waals surface area contributed by atoms with Gasteiger partial charge in [-0.05, 0) is 6.92 Å². The fraction of sp³-hybridized carbons (Fsp3) is 0.889. The third-order valence-corrected chi connectivity index (χ3v) is 2.01. The summed E-state index contributed by atoms with van der Waals surface area (Å²) < 4.78 is 39.3. The summed E-state index contributed by atoms with van der Waals surface area (Å²) in [7, 11) is 0. The number of ether oxygens (including phenoxy) is 1. The summed E-state index contributed by atoms with van der Waals surface area (Å²) in [6, 6.07) is -0.295. The molecule has 7 heteroatoms. The summed E-state index contributed by atoms with van der Waals surface area (Å²) in [6.45, 7) is 1.91. The second kappa shape index (κ2) is 6.70. The Labute approximate surface area is 92.3 Å². The maximum absolute atomic E-state index is 11.6. The zero-order valence-corrected chi connectivity index (χ0v) is 9.30. The minimum absolute atomic E-state index is 0.0476. The Hall–Kier alpha value is -0.820. The standard InChI is InChI=1S/C9H17F3N2O2/c1-6(7(2)13)8(15)14-3-4-16-5-9(10,11)12/h6-7H,3-5,13H2,1-2H3,(H,14,15). The largest absolute Gasteiger partial charge is 0.411 e. The number of nitrogens with two attached hydrogens (primary N) is 1. The number of hydrogen-bond donors (Lipinski definition) is 2. The average molecular weight is 242 g/mol. The Balaban J connectivity index is 3.56. The van der Waals surface area contributed by atoms with E-state index >= 15 is 0 Å². The molecule has 0 aliphatic carbocycles. The molecule has 0 rings (SSSR count). The van der Waals surface area contributed by atoms with E-state index in [1.54, 1.807) is 13.8 Å². The molecule has 16 heavy (non-hydrogen) atoms. The molecule has 3 N–H and O–H groups in total. The van der Waals surface area contributed by atoms with Gasteiger partial charge in [0.15, 0.2) is 0 Å².